The van der Waals surface area contributed by atoms with Crippen LogP contribution in [-0.2, 0) is 9.53 Å². The molecule has 1 unspecified atom stereocenters. The van der Waals surface area contributed by atoms with Gasteiger partial charge in [-0.15, -0.1) is 0 Å². The largest absolute Gasteiger partial charge is 0.394 e. The minimum atomic E-state index is -1.10. The molecule has 0 saturated heterocycles. The van der Waals surface area contributed by atoms with Crippen LogP contribution in [0.25, 0.3) is 0 Å². The topological polar surface area (TPSA) is 116 Å². The highest BCUT2D eigenvalue weighted by Gasteiger charge is 2.29. The first kappa shape index (κ1) is 25.2. The normalized spacial score (nSPS) is 11.9. The molecule has 0 bridgehead atoms. The molecule has 0 saturated carbocycles. The summed E-state index contributed by atoms with van der Waals surface area (Å²) >= 11 is 11.4. The van der Waals surface area contributed by atoms with Gasteiger partial charge in [-0.05, 0) is 79.4 Å². The molecule has 0 aliphatic heterocycles. The molecule has 1 aromatic rings. The first-order valence-corrected chi connectivity index (χ1v) is 10.9. The van der Waals surface area contributed by atoms with Crippen LogP contribution in [-0.4, -0.2) is 72.2 Å². The third kappa shape index (κ3) is 6.33. The Morgan fingerprint density at radius 3 is 2.22 bits per heavy atom. The van der Waals surface area contributed by atoms with Gasteiger partial charge in [0.2, 0.25) is 5.91 Å². The van der Waals surface area contributed by atoms with Gasteiger partial charge < -0.3 is 25.2 Å². The Labute approximate surface area is 201 Å². The number of ether oxygens (including phenoxy) is 1. The smallest absolute Gasteiger partial charge is 0.255 e. The van der Waals surface area contributed by atoms with E-state index in [-0.39, 0.29) is 30.0 Å². The van der Waals surface area contributed by atoms with Crippen LogP contribution in [0.5, 0.6) is 0 Å². The molecule has 1 rings (SSSR count). The highest BCUT2D eigenvalue weighted by Crippen LogP contribution is 2.37. The number of aliphatic hydroxyl groups is 2. The predicted molar refractivity (Wildman–Crippen MR) is 125 cm³/mol. The number of halogens is 4. The first-order chi connectivity index (χ1) is 12.6. The lowest BCUT2D eigenvalue weighted by Crippen LogP contribution is -2.37. The Balaban J connectivity index is 3.54. The summed E-state index contributed by atoms with van der Waals surface area (Å²) in [5.41, 5.74) is 0.550. The monoisotopic (exact) mass is 736 g/mol. The fourth-order valence-corrected chi connectivity index (χ4v) is 6.98. The first-order valence-electron chi connectivity index (χ1n) is 7.30. The number of hydrogen-bond acceptors (Lipinski definition) is 6. The van der Waals surface area contributed by atoms with Crippen LogP contribution in [0.15, 0.2) is 0 Å². The molecule has 12 heteroatoms. The number of hydrogen-bond donors (Lipinski definition) is 3. The molecule has 0 aliphatic carbocycles. The van der Waals surface area contributed by atoms with Crippen LogP contribution in [0, 0.1) is 10.7 Å². The molecule has 3 N–H and O–H groups in total. The second-order valence-corrected chi connectivity index (χ2v) is 8.92. The summed E-state index contributed by atoms with van der Waals surface area (Å²) in [7, 11) is 2.82. The van der Waals surface area contributed by atoms with Gasteiger partial charge in [0, 0.05) is 24.3 Å². The molecule has 0 spiro atoms. The van der Waals surface area contributed by atoms with E-state index in [0.717, 1.165) is 0 Å². The van der Waals surface area contributed by atoms with Crippen molar-refractivity contribution in [3.63, 3.8) is 0 Å². The summed E-state index contributed by atoms with van der Waals surface area (Å²) in [6.45, 7) is -0.806. The summed E-state index contributed by atoms with van der Waals surface area (Å²) in [6, 6.07) is 0. The zero-order valence-corrected chi connectivity index (χ0v) is 21.4. The van der Waals surface area contributed by atoms with E-state index in [1.165, 1.54) is 19.1 Å². The molecular weight excluding hydrogens is 720 g/mol. The lowest BCUT2D eigenvalue weighted by molar-refractivity contribution is -0.119. The Hall–Kier alpha value is 0.190. The van der Waals surface area contributed by atoms with Gasteiger partial charge in [0.25, 0.3) is 11.1 Å². The number of anilines is 1. The van der Waals surface area contributed by atoms with Crippen LogP contribution < -0.4 is 5.32 Å². The molecule has 0 heterocycles. The van der Waals surface area contributed by atoms with Gasteiger partial charge in [-0.1, -0.05) is 0 Å². The average molecular weight is 736 g/mol. The third-order valence-electron chi connectivity index (χ3n) is 3.31. The van der Waals surface area contributed by atoms with Crippen LogP contribution in [0.4, 0.5) is 5.69 Å². The molecule has 8 nitrogen and oxygen atoms in total. The van der Waals surface area contributed by atoms with E-state index < -0.39 is 29.8 Å². The van der Waals surface area contributed by atoms with Crippen molar-refractivity contribution in [1.82, 2.24) is 4.90 Å². The highest BCUT2D eigenvalue weighted by atomic mass is 127. The number of benzene rings is 1. The molecule has 2 amide bonds. The number of likely N-dealkylation sites (N-methyl/N-ethyl adjacent to an activating group) is 1. The minimum Gasteiger partial charge on any atom is -0.394 e. The number of aliphatic hydroxyl groups excluding tert-OH is 2. The van der Waals surface area contributed by atoms with E-state index in [9.17, 15) is 19.5 Å². The van der Waals surface area contributed by atoms with Crippen molar-refractivity contribution >= 4 is 102 Å². The zero-order chi connectivity index (χ0) is 20.9. The summed E-state index contributed by atoms with van der Waals surface area (Å²) < 4.78 is 5.95. The van der Waals surface area contributed by atoms with Crippen molar-refractivity contribution in [1.29, 1.82) is 0 Å². The van der Waals surface area contributed by atoms with E-state index in [0.29, 0.717) is 10.7 Å². The number of nitrogens with one attached hydrogen (secondary N) is 1. The molecule has 0 aromatic heterocycles. The third-order valence-corrected chi connectivity index (χ3v) is 6.73. The standard InChI is InChI=1S/C15H16ClI3N2O6/c1-21(3-6(23)4-22)15(26)9-10(17)8(14(16)25)11(18)13(12(9)19)20-7(24)5-27-2/h6,22-23H,3-5H2,1-2H3,(H,20,24). The fraction of sp³-hybridized carbons (Fsp3) is 0.400. The van der Waals surface area contributed by atoms with Crippen LogP contribution in [0.2, 0.25) is 0 Å². The predicted octanol–water partition coefficient (Wildman–Crippen LogP) is 1.89. The second-order valence-electron chi connectivity index (χ2n) is 5.34. The summed E-state index contributed by atoms with van der Waals surface area (Å²) in [4.78, 5) is 38.0. The van der Waals surface area contributed by atoms with Gasteiger partial charge in [-0.3, -0.25) is 14.4 Å². The van der Waals surface area contributed by atoms with Gasteiger partial charge in [-0.25, -0.2) is 0 Å². The molecule has 0 aliphatic rings. The lowest BCUT2D eigenvalue weighted by Gasteiger charge is -2.23. The number of nitrogens with zero attached hydrogens (tertiary/aromatic N) is 1. The average Bonchev–Trinajstić information content (AvgIpc) is 2.58. The van der Waals surface area contributed by atoms with Crippen molar-refractivity contribution in [3.8, 4) is 0 Å². The molecule has 0 fully saturated rings. The van der Waals surface area contributed by atoms with E-state index in [2.05, 4.69) is 5.32 Å². The van der Waals surface area contributed by atoms with Gasteiger partial charge in [0.05, 0.1) is 36.7 Å². The number of rotatable bonds is 8. The van der Waals surface area contributed by atoms with Gasteiger partial charge >= 0.3 is 0 Å². The van der Waals surface area contributed by atoms with Crippen LogP contribution >= 0.6 is 79.4 Å². The highest BCUT2D eigenvalue weighted by molar-refractivity contribution is 14.1. The molecule has 0 radical (unpaired) electrons. The van der Waals surface area contributed by atoms with Crippen molar-refractivity contribution in [2.24, 2.45) is 0 Å². The molecule has 1 aromatic carbocycles. The van der Waals surface area contributed by atoms with E-state index in [1.54, 1.807) is 0 Å². The number of carbonyl (C=O) groups is 3. The Kier molecular flexibility index (Phi) is 10.6. The Morgan fingerprint density at radius 2 is 1.74 bits per heavy atom. The second kappa shape index (κ2) is 11.4. The zero-order valence-electron chi connectivity index (χ0n) is 14.2. The summed E-state index contributed by atoms with van der Waals surface area (Å²) in [6.07, 6.45) is -1.10. The summed E-state index contributed by atoms with van der Waals surface area (Å²) in [5.74, 6) is -0.945. The van der Waals surface area contributed by atoms with Gasteiger partial charge in [0.15, 0.2) is 0 Å². The van der Waals surface area contributed by atoms with Gasteiger partial charge in [-0.2, -0.15) is 0 Å². The summed E-state index contributed by atoms with van der Waals surface area (Å²) in [5, 5.41) is 20.4. The number of amides is 2. The number of methoxy groups -OCH3 is 1. The van der Waals surface area contributed by atoms with E-state index >= 15 is 0 Å². The maximum Gasteiger partial charge on any atom is 0.255 e. The Morgan fingerprint density at radius 1 is 1.19 bits per heavy atom. The van der Waals surface area contributed by atoms with Crippen molar-refractivity contribution in [3.05, 3.63) is 21.8 Å². The molecule has 1 atom stereocenters. The van der Waals surface area contributed by atoms with Gasteiger partial charge in [0.1, 0.15) is 6.61 Å². The lowest BCUT2D eigenvalue weighted by atomic mass is 10.1. The van der Waals surface area contributed by atoms with Crippen molar-refractivity contribution in [2.75, 3.05) is 39.2 Å². The quantitative estimate of drug-likeness (QED) is 0.278. The van der Waals surface area contributed by atoms with Crippen LogP contribution in [0.3, 0.4) is 0 Å². The maximum absolute atomic E-state index is 12.9. The van der Waals surface area contributed by atoms with E-state index in [4.69, 9.17) is 21.4 Å². The maximum atomic E-state index is 12.9. The fourth-order valence-electron chi connectivity index (χ4n) is 2.09. The molecule has 150 valence electrons. The van der Waals surface area contributed by atoms with Crippen LogP contribution in [0.1, 0.15) is 20.7 Å². The molecular formula is C15H16ClI3N2O6. The van der Waals surface area contributed by atoms with Crippen molar-refractivity contribution < 1.29 is 29.3 Å². The number of carbonyl (C=O) groups excluding carboxylic acids is 3. The SMILES string of the molecule is COCC(=O)Nc1c(I)c(C(=O)Cl)c(I)c(C(=O)N(C)CC(O)CO)c1I. The van der Waals surface area contributed by atoms with E-state index in [1.807, 2.05) is 67.8 Å². The molecule has 27 heavy (non-hydrogen) atoms. The minimum absolute atomic E-state index is 0.102. The Bertz CT molecular complexity index is 762. The van der Waals surface area contributed by atoms with Crippen molar-refractivity contribution in [2.45, 2.75) is 6.10 Å².